The average Bonchev–Trinajstić information content (AvgIpc) is 3.23. The van der Waals surface area contributed by atoms with E-state index >= 15 is 0 Å². The number of thiazole rings is 1. The van der Waals surface area contributed by atoms with Gasteiger partial charge in [0.1, 0.15) is 5.54 Å². The molecule has 1 spiro atoms. The predicted octanol–water partition coefficient (Wildman–Crippen LogP) is 2.86. The first kappa shape index (κ1) is 17.7. The number of hydrogen-bond donors (Lipinski definition) is 2. The molecule has 2 N–H and O–H groups in total. The number of imide groups is 1. The van der Waals surface area contributed by atoms with Gasteiger partial charge in [0.25, 0.3) is 5.91 Å². The largest absolute Gasteiger partial charge is 0.324 e. The van der Waals surface area contributed by atoms with Crippen LogP contribution < -0.4 is 10.6 Å². The lowest BCUT2D eigenvalue weighted by Crippen LogP contribution is -2.50. The second-order valence-corrected chi connectivity index (χ2v) is 8.07. The highest BCUT2D eigenvalue weighted by Crippen LogP contribution is 2.37. The summed E-state index contributed by atoms with van der Waals surface area (Å²) in [4.78, 5) is 43.1. The van der Waals surface area contributed by atoms with E-state index in [-0.39, 0.29) is 23.8 Å². The number of rotatable bonds is 3. The Balaban J connectivity index is 1.37. The van der Waals surface area contributed by atoms with Crippen LogP contribution in [0.25, 0.3) is 10.4 Å². The molecule has 0 bridgehead atoms. The van der Waals surface area contributed by atoms with Crippen LogP contribution in [0, 0.1) is 5.92 Å². The minimum Gasteiger partial charge on any atom is -0.323 e. The van der Waals surface area contributed by atoms with Gasteiger partial charge >= 0.3 is 6.03 Å². The molecule has 2 aromatic rings. The Labute approximate surface area is 160 Å². The van der Waals surface area contributed by atoms with Gasteiger partial charge in [-0.15, -0.1) is 0 Å². The molecular formula is C19H20N4O3S. The fourth-order valence-electron chi connectivity index (χ4n) is 3.74. The van der Waals surface area contributed by atoms with Crippen molar-refractivity contribution in [2.45, 2.75) is 31.2 Å². The van der Waals surface area contributed by atoms with Gasteiger partial charge in [0.2, 0.25) is 5.91 Å². The lowest BCUT2D eigenvalue weighted by atomic mass is 9.76. The fourth-order valence-corrected chi connectivity index (χ4v) is 4.57. The van der Waals surface area contributed by atoms with Gasteiger partial charge in [0.15, 0.2) is 5.13 Å². The van der Waals surface area contributed by atoms with Crippen LogP contribution in [0.2, 0.25) is 0 Å². The summed E-state index contributed by atoms with van der Waals surface area (Å²) in [6, 6.07) is 9.53. The third-order valence-corrected chi connectivity index (χ3v) is 6.33. The van der Waals surface area contributed by atoms with Crippen LogP contribution >= 0.6 is 11.3 Å². The van der Waals surface area contributed by atoms with Crippen LogP contribution in [0.5, 0.6) is 0 Å². The number of hydrogen-bond acceptors (Lipinski definition) is 5. The first-order valence-electron chi connectivity index (χ1n) is 8.91. The third kappa shape index (κ3) is 3.21. The Morgan fingerprint density at radius 2 is 1.96 bits per heavy atom. The van der Waals surface area contributed by atoms with Crippen LogP contribution in [-0.4, -0.2) is 40.3 Å². The standard InChI is InChI=1S/C19H20N4O3S/c1-23-16(25)19(22-18(23)26)9-7-13(8-10-19)15(24)21-17-20-11-14(27-17)12-5-3-2-4-6-12/h2-6,11,13H,7-10H2,1H3,(H,22,26)(H,20,21,24). The molecule has 1 aromatic heterocycles. The molecular weight excluding hydrogens is 364 g/mol. The van der Waals surface area contributed by atoms with Crippen molar-refractivity contribution in [1.82, 2.24) is 15.2 Å². The van der Waals surface area contributed by atoms with Crippen LogP contribution in [0.4, 0.5) is 9.93 Å². The van der Waals surface area contributed by atoms with Crippen molar-refractivity contribution in [3.63, 3.8) is 0 Å². The van der Waals surface area contributed by atoms with Gasteiger partial charge in [-0.05, 0) is 31.2 Å². The number of aromatic nitrogens is 1. The minimum atomic E-state index is -0.829. The van der Waals surface area contributed by atoms with Gasteiger partial charge in [0.05, 0.1) is 4.88 Å². The van der Waals surface area contributed by atoms with Crippen molar-refractivity contribution in [3.8, 4) is 10.4 Å². The Morgan fingerprint density at radius 1 is 1.26 bits per heavy atom. The number of amides is 4. The summed E-state index contributed by atoms with van der Waals surface area (Å²) in [6.07, 6.45) is 3.83. The van der Waals surface area contributed by atoms with E-state index in [0.717, 1.165) is 15.3 Å². The lowest BCUT2D eigenvalue weighted by Gasteiger charge is -2.34. The maximum Gasteiger partial charge on any atom is 0.324 e. The number of anilines is 1. The fraction of sp³-hybridized carbons (Fsp3) is 0.368. The molecule has 7 nitrogen and oxygen atoms in total. The Kier molecular flexibility index (Phi) is 4.43. The maximum atomic E-state index is 12.6. The van der Waals surface area contributed by atoms with Crippen molar-refractivity contribution in [2.75, 3.05) is 12.4 Å². The van der Waals surface area contributed by atoms with E-state index in [1.807, 2.05) is 30.3 Å². The van der Waals surface area contributed by atoms with E-state index in [1.54, 1.807) is 6.20 Å². The predicted molar refractivity (Wildman–Crippen MR) is 102 cm³/mol. The van der Waals surface area contributed by atoms with E-state index in [4.69, 9.17) is 0 Å². The summed E-state index contributed by atoms with van der Waals surface area (Å²) in [5.41, 5.74) is 0.235. The molecule has 8 heteroatoms. The van der Waals surface area contributed by atoms with Gasteiger partial charge in [0, 0.05) is 19.2 Å². The number of nitrogens with one attached hydrogen (secondary N) is 2. The molecule has 2 fully saturated rings. The molecule has 0 radical (unpaired) electrons. The Hall–Kier alpha value is -2.74. The second-order valence-electron chi connectivity index (χ2n) is 7.04. The molecule has 27 heavy (non-hydrogen) atoms. The number of urea groups is 1. The molecule has 1 aliphatic carbocycles. The number of carbonyl (C=O) groups excluding carboxylic acids is 3. The quantitative estimate of drug-likeness (QED) is 0.796. The zero-order valence-corrected chi connectivity index (χ0v) is 15.7. The smallest absolute Gasteiger partial charge is 0.323 e. The zero-order chi connectivity index (χ0) is 19.0. The molecule has 0 unspecified atom stereocenters. The highest BCUT2D eigenvalue weighted by atomic mass is 32.1. The lowest BCUT2D eigenvalue weighted by molar-refractivity contribution is -0.133. The van der Waals surface area contributed by atoms with Gasteiger partial charge in [-0.1, -0.05) is 41.7 Å². The van der Waals surface area contributed by atoms with Gasteiger partial charge in [-0.2, -0.15) is 0 Å². The average molecular weight is 384 g/mol. The molecule has 2 aliphatic rings. The summed E-state index contributed by atoms with van der Waals surface area (Å²) in [6.45, 7) is 0. The minimum absolute atomic E-state index is 0.0797. The monoisotopic (exact) mass is 384 g/mol. The molecule has 4 rings (SSSR count). The molecule has 1 saturated heterocycles. The zero-order valence-electron chi connectivity index (χ0n) is 14.9. The van der Waals surface area contributed by atoms with Gasteiger partial charge in [-0.3, -0.25) is 14.5 Å². The number of nitrogens with zero attached hydrogens (tertiary/aromatic N) is 2. The van der Waals surface area contributed by atoms with E-state index < -0.39 is 5.54 Å². The van der Waals surface area contributed by atoms with Gasteiger partial charge in [-0.25, -0.2) is 9.78 Å². The first-order valence-corrected chi connectivity index (χ1v) is 9.72. The number of carbonyl (C=O) groups is 3. The summed E-state index contributed by atoms with van der Waals surface area (Å²) in [5, 5.41) is 6.26. The number of benzene rings is 1. The molecule has 140 valence electrons. The number of likely N-dealkylation sites (N-methyl/N-ethyl adjacent to an activating group) is 1. The van der Waals surface area contributed by atoms with Crippen LogP contribution in [-0.2, 0) is 9.59 Å². The Morgan fingerprint density at radius 3 is 2.59 bits per heavy atom. The van der Waals surface area contributed by atoms with Crippen molar-refractivity contribution in [2.24, 2.45) is 5.92 Å². The van der Waals surface area contributed by atoms with Gasteiger partial charge < -0.3 is 10.6 Å². The maximum absolute atomic E-state index is 12.6. The van der Waals surface area contributed by atoms with E-state index in [9.17, 15) is 14.4 Å². The van der Waals surface area contributed by atoms with Crippen LogP contribution in [0.1, 0.15) is 25.7 Å². The third-order valence-electron chi connectivity index (χ3n) is 5.37. The van der Waals surface area contributed by atoms with E-state index in [0.29, 0.717) is 30.8 Å². The molecule has 0 atom stereocenters. The summed E-state index contributed by atoms with van der Waals surface area (Å²) in [7, 11) is 1.48. The molecule has 4 amide bonds. The van der Waals surface area contributed by atoms with E-state index in [2.05, 4.69) is 15.6 Å². The molecule has 2 heterocycles. The Bertz CT molecular complexity index is 887. The van der Waals surface area contributed by atoms with Crippen LogP contribution in [0.15, 0.2) is 36.5 Å². The second kappa shape index (κ2) is 6.77. The highest BCUT2D eigenvalue weighted by molar-refractivity contribution is 7.19. The first-order chi connectivity index (χ1) is 13.0. The van der Waals surface area contributed by atoms with Crippen molar-refractivity contribution in [3.05, 3.63) is 36.5 Å². The molecule has 1 aliphatic heterocycles. The summed E-state index contributed by atoms with van der Waals surface area (Å²) in [5.74, 6) is -0.460. The van der Waals surface area contributed by atoms with E-state index in [1.165, 1.54) is 18.4 Å². The SMILES string of the molecule is CN1C(=O)NC2(CCC(C(=O)Nc3ncc(-c4ccccc4)s3)CC2)C1=O. The van der Waals surface area contributed by atoms with Crippen molar-refractivity contribution >= 4 is 34.3 Å². The summed E-state index contributed by atoms with van der Waals surface area (Å²) >= 11 is 1.44. The van der Waals surface area contributed by atoms with Crippen molar-refractivity contribution in [1.29, 1.82) is 0 Å². The highest BCUT2D eigenvalue weighted by Gasteiger charge is 2.51. The van der Waals surface area contributed by atoms with Crippen molar-refractivity contribution < 1.29 is 14.4 Å². The topological polar surface area (TPSA) is 91.4 Å². The molecule has 1 aromatic carbocycles. The normalized spacial score (nSPS) is 24.9. The summed E-state index contributed by atoms with van der Waals surface area (Å²) < 4.78 is 0. The molecule has 1 saturated carbocycles. The van der Waals surface area contributed by atoms with Crippen LogP contribution in [0.3, 0.4) is 0 Å².